The Kier molecular flexibility index (Phi) is 4.66. The van der Waals surface area contributed by atoms with Crippen LogP contribution < -0.4 is 0 Å². The number of rotatable bonds is 3. The summed E-state index contributed by atoms with van der Waals surface area (Å²) < 4.78 is 13.1. The first-order valence-electron chi connectivity index (χ1n) is 5.40. The molecule has 2 aromatic carbocycles. The summed E-state index contributed by atoms with van der Waals surface area (Å²) in [4.78, 5) is 0.0778. The van der Waals surface area contributed by atoms with Gasteiger partial charge in [-0.1, -0.05) is 57.3 Å². The molecule has 0 aliphatic carbocycles. The van der Waals surface area contributed by atoms with Crippen molar-refractivity contribution in [2.24, 2.45) is 0 Å². The molecule has 0 bridgehead atoms. The van der Waals surface area contributed by atoms with Gasteiger partial charge >= 0.3 is 0 Å². The zero-order chi connectivity index (χ0) is 13.1. The highest BCUT2D eigenvalue weighted by Gasteiger charge is 2.10. The van der Waals surface area contributed by atoms with Crippen molar-refractivity contribution >= 4 is 39.1 Å². The Bertz CT molecular complexity index is 557. The van der Waals surface area contributed by atoms with Gasteiger partial charge in [0, 0.05) is 4.83 Å². The third kappa shape index (κ3) is 3.47. The number of hydrogen-bond acceptors (Lipinski definition) is 0. The van der Waals surface area contributed by atoms with Crippen LogP contribution in [0.2, 0.25) is 10.0 Å². The zero-order valence-corrected chi connectivity index (χ0v) is 12.4. The van der Waals surface area contributed by atoms with Crippen molar-refractivity contribution in [2.45, 2.75) is 11.2 Å². The van der Waals surface area contributed by atoms with E-state index in [0.717, 1.165) is 11.1 Å². The number of hydrogen-bond donors (Lipinski definition) is 0. The molecule has 0 amide bonds. The number of halogens is 4. The molecule has 0 saturated heterocycles. The van der Waals surface area contributed by atoms with Crippen molar-refractivity contribution in [3.63, 3.8) is 0 Å². The highest BCUT2D eigenvalue weighted by atomic mass is 79.9. The van der Waals surface area contributed by atoms with E-state index >= 15 is 0 Å². The Morgan fingerprint density at radius 3 is 2.50 bits per heavy atom. The molecule has 2 rings (SSSR count). The fourth-order valence-corrected chi connectivity index (χ4v) is 2.66. The molecule has 0 aliphatic rings. The molecule has 0 fully saturated rings. The fraction of sp³-hybridized carbons (Fsp3) is 0.143. The Labute approximate surface area is 124 Å². The van der Waals surface area contributed by atoms with Gasteiger partial charge in [0.1, 0.15) is 5.82 Å². The second kappa shape index (κ2) is 6.05. The van der Waals surface area contributed by atoms with Crippen LogP contribution in [0.3, 0.4) is 0 Å². The van der Waals surface area contributed by atoms with E-state index in [2.05, 4.69) is 15.9 Å². The van der Waals surface area contributed by atoms with Crippen molar-refractivity contribution < 1.29 is 4.39 Å². The molecule has 0 aromatic heterocycles. The molecular weight excluding hydrogens is 338 g/mol. The average Bonchev–Trinajstić information content (AvgIpc) is 2.32. The van der Waals surface area contributed by atoms with Crippen molar-refractivity contribution in [1.82, 2.24) is 0 Å². The lowest BCUT2D eigenvalue weighted by Crippen LogP contribution is -1.96. The molecular formula is C14H10BrCl2F. The van der Waals surface area contributed by atoms with Gasteiger partial charge in [-0.15, -0.1) is 0 Å². The summed E-state index contributed by atoms with van der Waals surface area (Å²) in [5.41, 5.74) is 1.96. The fourth-order valence-electron chi connectivity index (χ4n) is 1.70. The van der Waals surface area contributed by atoms with Gasteiger partial charge in [0.15, 0.2) is 0 Å². The lowest BCUT2D eigenvalue weighted by Gasteiger charge is -2.11. The van der Waals surface area contributed by atoms with Crippen LogP contribution in [0.25, 0.3) is 0 Å². The van der Waals surface area contributed by atoms with E-state index in [0.29, 0.717) is 16.5 Å². The van der Waals surface area contributed by atoms with Gasteiger partial charge in [-0.3, -0.25) is 0 Å². The SMILES string of the molecule is Fc1cccc(CC(Br)c2ccc(Cl)c(Cl)c2)c1. The maximum absolute atomic E-state index is 13.1. The van der Waals surface area contributed by atoms with Crippen LogP contribution in [0.15, 0.2) is 42.5 Å². The summed E-state index contributed by atoms with van der Waals surface area (Å²) in [7, 11) is 0. The molecule has 0 saturated carbocycles. The first-order chi connectivity index (χ1) is 8.56. The molecule has 2 aromatic rings. The molecule has 0 aliphatic heterocycles. The van der Waals surface area contributed by atoms with Crippen molar-refractivity contribution in [3.8, 4) is 0 Å². The van der Waals surface area contributed by atoms with Crippen LogP contribution in [0.1, 0.15) is 16.0 Å². The van der Waals surface area contributed by atoms with Crippen molar-refractivity contribution in [2.75, 3.05) is 0 Å². The maximum atomic E-state index is 13.1. The standard InChI is InChI=1S/C14H10BrCl2F/c15-12(7-9-2-1-3-11(18)6-9)10-4-5-13(16)14(17)8-10/h1-6,8,12H,7H2. The van der Waals surface area contributed by atoms with Gasteiger partial charge in [0.2, 0.25) is 0 Å². The van der Waals surface area contributed by atoms with E-state index in [1.54, 1.807) is 12.1 Å². The van der Waals surface area contributed by atoms with E-state index in [4.69, 9.17) is 23.2 Å². The van der Waals surface area contributed by atoms with E-state index in [1.807, 2.05) is 18.2 Å². The van der Waals surface area contributed by atoms with Crippen LogP contribution in [-0.2, 0) is 6.42 Å². The Morgan fingerprint density at radius 2 is 1.83 bits per heavy atom. The summed E-state index contributed by atoms with van der Waals surface area (Å²) in [6.07, 6.45) is 0.690. The Hall–Kier alpha value is -0.570. The van der Waals surface area contributed by atoms with Crippen molar-refractivity contribution in [3.05, 3.63) is 69.5 Å². The molecule has 94 valence electrons. The van der Waals surface area contributed by atoms with Crippen LogP contribution >= 0.6 is 39.1 Å². The molecule has 0 nitrogen and oxygen atoms in total. The predicted octanol–water partition coefficient (Wildman–Crippen LogP) is 5.81. The van der Waals surface area contributed by atoms with Crippen LogP contribution in [-0.4, -0.2) is 0 Å². The molecule has 4 heteroatoms. The van der Waals surface area contributed by atoms with Crippen molar-refractivity contribution in [1.29, 1.82) is 0 Å². The summed E-state index contributed by atoms with van der Waals surface area (Å²) in [5, 5.41) is 1.06. The molecule has 1 atom stereocenters. The quantitative estimate of drug-likeness (QED) is 0.614. The topological polar surface area (TPSA) is 0 Å². The first kappa shape index (κ1) is 13.9. The van der Waals surface area contributed by atoms with Crippen LogP contribution in [0.4, 0.5) is 4.39 Å². The van der Waals surface area contributed by atoms with E-state index in [-0.39, 0.29) is 10.6 Å². The molecule has 0 spiro atoms. The first-order valence-corrected chi connectivity index (χ1v) is 7.07. The third-order valence-electron chi connectivity index (χ3n) is 2.61. The lowest BCUT2D eigenvalue weighted by atomic mass is 10.0. The summed E-state index contributed by atoms with van der Waals surface area (Å²) >= 11 is 15.4. The predicted molar refractivity (Wildman–Crippen MR) is 78.2 cm³/mol. The summed E-state index contributed by atoms with van der Waals surface area (Å²) in [5.74, 6) is -0.221. The molecule has 18 heavy (non-hydrogen) atoms. The third-order valence-corrected chi connectivity index (χ3v) is 4.20. The van der Waals surface area contributed by atoms with Crippen LogP contribution in [0.5, 0.6) is 0 Å². The maximum Gasteiger partial charge on any atom is 0.123 e. The monoisotopic (exact) mass is 346 g/mol. The van der Waals surface area contributed by atoms with Gasteiger partial charge in [-0.2, -0.15) is 0 Å². The van der Waals surface area contributed by atoms with E-state index < -0.39 is 0 Å². The molecule has 0 radical (unpaired) electrons. The Morgan fingerprint density at radius 1 is 1.06 bits per heavy atom. The number of benzene rings is 2. The van der Waals surface area contributed by atoms with Gasteiger partial charge in [0.05, 0.1) is 10.0 Å². The summed E-state index contributed by atoms with van der Waals surface area (Å²) in [6.45, 7) is 0. The minimum absolute atomic E-state index is 0.0778. The zero-order valence-electron chi connectivity index (χ0n) is 9.34. The van der Waals surface area contributed by atoms with E-state index in [9.17, 15) is 4.39 Å². The van der Waals surface area contributed by atoms with Gasteiger partial charge in [-0.25, -0.2) is 4.39 Å². The second-order valence-corrected chi connectivity index (χ2v) is 5.89. The highest BCUT2D eigenvalue weighted by molar-refractivity contribution is 9.09. The Balaban J connectivity index is 2.16. The molecule has 0 heterocycles. The lowest BCUT2D eigenvalue weighted by molar-refractivity contribution is 0.625. The average molecular weight is 348 g/mol. The van der Waals surface area contributed by atoms with Gasteiger partial charge in [0.25, 0.3) is 0 Å². The minimum atomic E-state index is -0.221. The largest absolute Gasteiger partial charge is 0.207 e. The molecule has 0 N–H and O–H groups in total. The van der Waals surface area contributed by atoms with E-state index in [1.165, 1.54) is 12.1 Å². The second-order valence-electron chi connectivity index (χ2n) is 3.98. The van der Waals surface area contributed by atoms with Crippen LogP contribution in [0, 0.1) is 5.82 Å². The molecule has 1 unspecified atom stereocenters. The normalized spacial score (nSPS) is 12.4. The highest BCUT2D eigenvalue weighted by Crippen LogP contribution is 2.31. The van der Waals surface area contributed by atoms with Gasteiger partial charge < -0.3 is 0 Å². The summed E-state index contributed by atoms with van der Waals surface area (Å²) in [6, 6.07) is 12.1. The minimum Gasteiger partial charge on any atom is -0.207 e. The van der Waals surface area contributed by atoms with Gasteiger partial charge in [-0.05, 0) is 41.8 Å². The number of alkyl halides is 1. The smallest absolute Gasteiger partial charge is 0.123 e.